The Labute approximate surface area is 218 Å². The summed E-state index contributed by atoms with van der Waals surface area (Å²) < 4.78 is 49.7. The minimum Gasteiger partial charge on any atom is -0.492 e. The monoisotopic (exact) mass is 545 g/mol. The summed E-state index contributed by atoms with van der Waals surface area (Å²) >= 11 is 5.58. The molecule has 0 aliphatic rings. The van der Waals surface area contributed by atoms with Gasteiger partial charge in [0.25, 0.3) is 5.91 Å². The number of nitrogens with one attached hydrogen (secondary N) is 3. The first-order valence-corrected chi connectivity index (χ1v) is 11.5. The third-order valence-electron chi connectivity index (χ3n) is 5.19. The molecule has 38 heavy (non-hydrogen) atoms. The van der Waals surface area contributed by atoms with Gasteiger partial charge in [0, 0.05) is 34.5 Å². The minimum absolute atomic E-state index is 0.0920. The predicted octanol–water partition coefficient (Wildman–Crippen LogP) is 5.92. The van der Waals surface area contributed by atoms with Crippen molar-refractivity contribution in [2.45, 2.75) is 6.18 Å². The maximum absolute atomic E-state index is 13.0. The van der Waals surface area contributed by atoms with Crippen LogP contribution in [0.5, 0.6) is 5.75 Å². The maximum atomic E-state index is 13.0. The molecule has 0 fully saturated rings. The Kier molecular flexibility index (Phi) is 7.87. The van der Waals surface area contributed by atoms with Crippen LogP contribution in [0.4, 0.5) is 29.3 Å². The largest absolute Gasteiger partial charge is 0.492 e. The van der Waals surface area contributed by atoms with E-state index < -0.39 is 28.4 Å². The predicted molar refractivity (Wildman–Crippen MR) is 136 cm³/mol. The maximum Gasteiger partial charge on any atom is 0.417 e. The first-order chi connectivity index (χ1) is 18.1. The van der Waals surface area contributed by atoms with Crippen LogP contribution in [0.15, 0.2) is 82.0 Å². The molecular formula is C26H19ClF3N3O5. The molecular weight excluding hydrogens is 527 g/mol. The van der Waals surface area contributed by atoms with Gasteiger partial charge in [-0.05, 0) is 60.7 Å². The average molecular weight is 546 g/mol. The van der Waals surface area contributed by atoms with Crippen molar-refractivity contribution >= 4 is 45.9 Å². The van der Waals surface area contributed by atoms with Gasteiger partial charge in [-0.3, -0.25) is 4.79 Å². The summed E-state index contributed by atoms with van der Waals surface area (Å²) in [6.45, 7) is 0.355. The van der Waals surface area contributed by atoms with Gasteiger partial charge in [0.15, 0.2) is 0 Å². The van der Waals surface area contributed by atoms with Crippen molar-refractivity contribution in [3.05, 3.63) is 99.4 Å². The number of amides is 3. The number of ether oxygens (including phenoxy) is 1. The van der Waals surface area contributed by atoms with Crippen molar-refractivity contribution in [3.63, 3.8) is 0 Å². The normalized spacial score (nSPS) is 11.2. The minimum atomic E-state index is -4.66. The van der Waals surface area contributed by atoms with Crippen LogP contribution in [-0.2, 0) is 6.18 Å². The standard InChI is InChI=1S/C26H19ClF3N3O5/c27-21-9-7-18(13-20(21)26(28,29)30)33-25(36)32-17-5-1-16(2-6-17)24(35)31-11-12-37-19-8-3-15-4-10-23(34)38-22(15)14-19/h1-10,13-14H,11-12H2,(H,31,35)(H2,32,33,36). The summed E-state index contributed by atoms with van der Waals surface area (Å²) in [5.74, 6) is 0.0954. The molecule has 0 radical (unpaired) electrons. The highest BCUT2D eigenvalue weighted by atomic mass is 35.5. The molecule has 8 nitrogen and oxygen atoms in total. The lowest BCUT2D eigenvalue weighted by Crippen LogP contribution is -2.28. The molecule has 3 aromatic carbocycles. The number of urea groups is 1. The van der Waals surface area contributed by atoms with Gasteiger partial charge in [-0.25, -0.2) is 9.59 Å². The van der Waals surface area contributed by atoms with Gasteiger partial charge in [0.1, 0.15) is 17.9 Å². The van der Waals surface area contributed by atoms with Gasteiger partial charge in [-0.1, -0.05) is 11.6 Å². The van der Waals surface area contributed by atoms with Gasteiger partial charge in [0.05, 0.1) is 17.1 Å². The summed E-state index contributed by atoms with van der Waals surface area (Å²) in [4.78, 5) is 35.9. The van der Waals surface area contributed by atoms with Gasteiger partial charge in [0.2, 0.25) is 0 Å². The van der Waals surface area contributed by atoms with Crippen molar-refractivity contribution in [2.75, 3.05) is 23.8 Å². The molecule has 0 aliphatic heterocycles. The molecule has 3 amide bonds. The van der Waals surface area contributed by atoms with Crippen LogP contribution in [0.2, 0.25) is 5.02 Å². The summed E-state index contributed by atoms with van der Waals surface area (Å²) in [6, 6.07) is 16.1. The van der Waals surface area contributed by atoms with Crippen LogP contribution < -0.4 is 26.3 Å². The number of benzene rings is 3. The second-order valence-electron chi connectivity index (χ2n) is 7.91. The van der Waals surface area contributed by atoms with Crippen LogP contribution in [0.25, 0.3) is 11.0 Å². The number of alkyl halides is 3. The second-order valence-corrected chi connectivity index (χ2v) is 8.31. The van der Waals surface area contributed by atoms with Gasteiger partial charge in [-0.2, -0.15) is 13.2 Å². The van der Waals surface area contributed by atoms with E-state index in [2.05, 4.69) is 16.0 Å². The van der Waals surface area contributed by atoms with Crippen molar-refractivity contribution in [1.29, 1.82) is 0 Å². The van der Waals surface area contributed by atoms with E-state index in [-0.39, 0.29) is 24.7 Å². The first kappa shape index (κ1) is 26.6. The highest BCUT2D eigenvalue weighted by molar-refractivity contribution is 6.31. The summed E-state index contributed by atoms with van der Waals surface area (Å²) in [5, 5.41) is 7.74. The molecule has 12 heteroatoms. The van der Waals surface area contributed by atoms with Gasteiger partial charge in [-0.15, -0.1) is 0 Å². The molecule has 3 N–H and O–H groups in total. The van der Waals surface area contributed by atoms with Gasteiger partial charge < -0.3 is 25.1 Å². The van der Waals surface area contributed by atoms with Crippen molar-refractivity contribution in [1.82, 2.24) is 5.32 Å². The van der Waals surface area contributed by atoms with Crippen LogP contribution in [0.1, 0.15) is 15.9 Å². The zero-order valence-corrected chi connectivity index (χ0v) is 20.2. The van der Waals surface area contributed by atoms with Crippen LogP contribution >= 0.6 is 11.6 Å². The molecule has 1 aromatic heterocycles. The molecule has 1 heterocycles. The lowest BCUT2D eigenvalue weighted by Gasteiger charge is -2.12. The summed E-state index contributed by atoms with van der Waals surface area (Å²) in [6.07, 6.45) is -4.66. The number of carbonyl (C=O) groups excluding carboxylic acids is 2. The van der Waals surface area contributed by atoms with Gasteiger partial charge >= 0.3 is 17.8 Å². The molecule has 0 spiro atoms. The Morgan fingerprint density at radius 1 is 0.895 bits per heavy atom. The van der Waals surface area contributed by atoms with E-state index in [0.29, 0.717) is 22.6 Å². The number of halogens is 4. The molecule has 0 saturated carbocycles. The zero-order valence-electron chi connectivity index (χ0n) is 19.4. The Bertz CT molecular complexity index is 1540. The van der Waals surface area contributed by atoms with E-state index in [4.69, 9.17) is 20.8 Å². The number of rotatable bonds is 7. The summed E-state index contributed by atoms with van der Waals surface area (Å²) in [7, 11) is 0. The molecule has 0 saturated heterocycles. The second kappa shape index (κ2) is 11.3. The number of carbonyl (C=O) groups is 2. The van der Waals surface area contributed by atoms with E-state index in [9.17, 15) is 27.6 Å². The smallest absolute Gasteiger partial charge is 0.417 e. The lowest BCUT2D eigenvalue weighted by atomic mass is 10.2. The molecule has 196 valence electrons. The lowest BCUT2D eigenvalue weighted by molar-refractivity contribution is -0.137. The van der Waals surface area contributed by atoms with Crippen LogP contribution in [0, 0.1) is 0 Å². The summed E-state index contributed by atoms with van der Waals surface area (Å²) in [5.41, 5.74) is -0.606. The topological polar surface area (TPSA) is 110 Å². The molecule has 0 unspecified atom stereocenters. The number of fused-ring (bicyclic) bond motifs is 1. The molecule has 4 rings (SSSR count). The van der Waals surface area contributed by atoms with Crippen molar-refractivity contribution in [3.8, 4) is 5.75 Å². The van der Waals surface area contributed by atoms with E-state index in [1.165, 1.54) is 36.4 Å². The fraction of sp³-hybridized carbons (Fsp3) is 0.115. The fourth-order valence-corrected chi connectivity index (χ4v) is 3.61. The zero-order chi connectivity index (χ0) is 27.3. The van der Waals surface area contributed by atoms with Crippen LogP contribution in [-0.4, -0.2) is 25.1 Å². The van der Waals surface area contributed by atoms with E-state index >= 15 is 0 Å². The van der Waals surface area contributed by atoms with E-state index in [0.717, 1.165) is 17.5 Å². The molecule has 0 atom stereocenters. The Hall–Kier alpha value is -4.51. The highest BCUT2D eigenvalue weighted by Crippen LogP contribution is 2.36. The Balaban J connectivity index is 1.25. The van der Waals surface area contributed by atoms with E-state index in [1.54, 1.807) is 24.3 Å². The van der Waals surface area contributed by atoms with Crippen LogP contribution in [0.3, 0.4) is 0 Å². The number of hydrogen-bond donors (Lipinski definition) is 3. The SMILES string of the molecule is O=C(Nc1ccc(C(=O)NCCOc2ccc3ccc(=O)oc3c2)cc1)Nc1ccc(Cl)c(C(F)(F)F)c1. The van der Waals surface area contributed by atoms with E-state index in [1.807, 2.05) is 0 Å². The third-order valence-corrected chi connectivity index (χ3v) is 5.52. The fourth-order valence-electron chi connectivity index (χ4n) is 3.38. The number of hydrogen-bond acceptors (Lipinski definition) is 5. The molecule has 4 aromatic rings. The molecule has 0 bridgehead atoms. The first-order valence-electron chi connectivity index (χ1n) is 11.1. The third kappa shape index (κ3) is 6.83. The quantitative estimate of drug-likeness (QED) is 0.197. The Morgan fingerprint density at radius 2 is 1.58 bits per heavy atom. The highest BCUT2D eigenvalue weighted by Gasteiger charge is 2.33. The van der Waals surface area contributed by atoms with Crippen molar-refractivity contribution in [2.24, 2.45) is 0 Å². The Morgan fingerprint density at radius 3 is 2.32 bits per heavy atom. The molecule has 0 aliphatic carbocycles. The number of anilines is 2. The van der Waals surface area contributed by atoms with Crippen molar-refractivity contribution < 1.29 is 31.9 Å². The average Bonchev–Trinajstić information content (AvgIpc) is 2.87.